The first-order valence-corrected chi connectivity index (χ1v) is 7.43. The van der Waals surface area contributed by atoms with Gasteiger partial charge in [0.25, 0.3) is 0 Å². The Morgan fingerprint density at radius 3 is 2.58 bits per heavy atom. The van der Waals surface area contributed by atoms with Crippen LogP contribution in [0.4, 0.5) is 0 Å². The Morgan fingerprint density at radius 2 is 1.84 bits per heavy atom. The summed E-state index contributed by atoms with van der Waals surface area (Å²) < 4.78 is 11.8. The fourth-order valence-corrected chi connectivity index (χ4v) is 2.76. The lowest BCUT2D eigenvalue weighted by Gasteiger charge is -2.26. The molecule has 1 aliphatic rings. The van der Waals surface area contributed by atoms with E-state index in [1.54, 1.807) is 0 Å². The molecule has 1 aliphatic carbocycles. The van der Waals surface area contributed by atoms with E-state index in [1.165, 1.54) is 25.7 Å². The summed E-state index contributed by atoms with van der Waals surface area (Å²) in [5, 5.41) is 0. The lowest BCUT2D eigenvalue weighted by molar-refractivity contribution is 0.124. The van der Waals surface area contributed by atoms with Crippen molar-refractivity contribution in [3.63, 3.8) is 0 Å². The summed E-state index contributed by atoms with van der Waals surface area (Å²) in [7, 11) is 0. The summed E-state index contributed by atoms with van der Waals surface area (Å²) in [6, 6.07) is 7.92. The molecule has 1 aromatic rings. The molecule has 2 atom stereocenters. The average Bonchev–Trinajstić information content (AvgIpc) is 2.66. The van der Waals surface area contributed by atoms with Gasteiger partial charge < -0.3 is 15.2 Å². The first kappa shape index (κ1) is 14.2. The fraction of sp³-hybridized carbons (Fsp3) is 0.625. The van der Waals surface area contributed by atoms with Gasteiger partial charge >= 0.3 is 0 Å². The highest BCUT2D eigenvalue weighted by molar-refractivity contribution is 5.39. The van der Waals surface area contributed by atoms with Gasteiger partial charge in [-0.2, -0.15) is 0 Å². The molecule has 0 radical (unpaired) electrons. The van der Waals surface area contributed by atoms with Crippen molar-refractivity contribution in [1.29, 1.82) is 0 Å². The van der Waals surface area contributed by atoms with Crippen LogP contribution in [-0.2, 0) is 0 Å². The largest absolute Gasteiger partial charge is 0.490 e. The summed E-state index contributed by atoms with van der Waals surface area (Å²) in [4.78, 5) is 0. The van der Waals surface area contributed by atoms with Gasteiger partial charge in [-0.05, 0) is 44.9 Å². The van der Waals surface area contributed by atoms with Crippen LogP contribution in [0.2, 0.25) is 0 Å². The van der Waals surface area contributed by atoms with Crippen LogP contribution in [0.1, 0.15) is 39.0 Å². The second kappa shape index (κ2) is 7.39. The van der Waals surface area contributed by atoms with Crippen molar-refractivity contribution in [2.45, 2.75) is 45.1 Å². The molecule has 0 spiro atoms. The molecule has 19 heavy (non-hydrogen) atoms. The molecule has 2 rings (SSSR count). The standard InChI is InChI=1S/C16H25NO2/c1-2-18-15-10-6-7-11-16(15)19-14-9-5-3-4-8-13(14)12-17/h6-7,10-11,13-14H,2-5,8-9,12,17H2,1H3. The Hall–Kier alpha value is -1.22. The van der Waals surface area contributed by atoms with E-state index in [2.05, 4.69) is 0 Å². The van der Waals surface area contributed by atoms with Gasteiger partial charge in [-0.1, -0.05) is 25.0 Å². The lowest BCUT2D eigenvalue weighted by atomic mass is 9.97. The van der Waals surface area contributed by atoms with Crippen molar-refractivity contribution in [2.24, 2.45) is 11.7 Å². The van der Waals surface area contributed by atoms with E-state index >= 15 is 0 Å². The maximum atomic E-state index is 6.22. The number of para-hydroxylation sites is 2. The summed E-state index contributed by atoms with van der Waals surface area (Å²) in [6.07, 6.45) is 6.31. The molecule has 0 aromatic heterocycles. The molecule has 2 N–H and O–H groups in total. The highest BCUT2D eigenvalue weighted by atomic mass is 16.5. The van der Waals surface area contributed by atoms with Gasteiger partial charge in [0, 0.05) is 5.92 Å². The van der Waals surface area contributed by atoms with Crippen LogP contribution in [-0.4, -0.2) is 19.3 Å². The van der Waals surface area contributed by atoms with Crippen LogP contribution in [0.3, 0.4) is 0 Å². The molecule has 3 nitrogen and oxygen atoms in total. The normalized spacial score (nSPS) is 23.7. The van der Waals surface area contributed by atoms with Gasteiger partial charge in [0.1, 0.15) is 6.10 Å². The first-order chi connectivity index (χ1) is 9.35. The van der Waals surface area contributed by atoms with Crippen LogP contribution < -0.4 is 15.2 Å². The Morgan fingerprint density at radius 1 is 1.11 bits per heavy atom. The van der Waals surface area contributed by atoms with Crippen molar-refractivity contribution < 1.29 is 9.47 Å². The van der Waals surface area contributed by atoms with Gasteiger partial charge in [0.05, 0.1) is 6.61 Å². The minimum atomic E-state index is 0.231. The smallest absolute Gasteiger partial charge is 0.161 e. The molecular formula is C16H25NO2. The Bertz CT molecular complexity index is 381. The number of rotatable bonds is 5. The van der Waals surface area contributed by atoms with E-state index in [-0.39, 0.29) is 6.10 Å². The maximum Gasteiger partial charge on any atom is 0.161 e. The summed E-state index contributed by atoms with van der Waals surface area (Å²) in [6.45, 7) is 3.36. The maximum absolute atomic E-state index is 6.22. The molecule has 1 fully saturated rings. The second-order valence-electron chi connectivity index (χ2n) is 5.17. The van der Waals surface area contributed by atoms with Crippen LogP contribution in [0.5, 0.6) is 11.5 Å². The minimum absolute atomic E-state index is 0.231. The quantitative estimate of drug-likeness (QED) is 0.828. The third kappa shape index (κ3) is 3.87. The van der Waals surface area contributed by atoms with Crippen LogP contribution in [0.25, 0.3) is 0 Å². The highest BCUT2D eigenvalue weighted by Crippen LogP contribution is 2.32. The van der Waals surface area contributed by atoms with E-state index in [0.717, 1.165) is 17.9 Å². The predicted octanol–water partition coefficient (Wildman–Crippen LogP) is 3.37. The molecule has 3 heteroatoms. The molecule has 0 bridgehead atoms. The van der Waals surface area contributed by atoms with Crippen molar-refractivity contribution in [3.8, 4) is 11.5 Å². The number of benzene rings is 1. The predicted molar refractivity (Wildman–Crippen MR) is 77.7 cm³/mol. The molecule has 0 saturated heterocycles. The molecule has 0 amide bonds. The highest BCUT2D eigenvalue weighted by Gasteiger charge is 2.25. The van der Waals surface area contributed by atoms with Crippen molar-refractivity contribution >= 4 is 0 Å². The van der Waals surface area contributed by atoms with Gasteiger partial charge in [-0.25, -0.2) is 0 Å². The fourth-order valence-electron chi connectivity index (χ4n) is 2.76. The zero-order valence-corrected chi connectivity index (χ0v) is 11.8. The Kier molecular flexibility index (Phi) is 5.52. The van der Waals surface area contributed by atoms with Crippen molar-refractivity contribution in [2.75, 3.05) is 13.2 Å². The van der Waals surface area contributed by atoms with E-state index in [9.17, 15) is 0 Å². The van der Waals surface area contributed by atoms with Crippen LogP contribution >= 0.6 is 0 Å². The topological polar surface area (TPSA) is 44.5 Å². The molecule has 0 heterocycles. The third-order valence-electron chi connectivity index (χ3n) is 3.82. The molecule has 1 saturated carbocycles. The number of ether oxygens (including phenoxy) is 2. The third-order valence-corrected chi connectivity index (χ3v) is 3.82. The lowest BCUT2D eigenvalue weighted by Crippen LogP contribution is -2.31. The number of hydrogen-bond donors (Lipinski definition) is 1. The second-order valence-corrected chi connectivity index (χ2v) is 5.17. The zero-order valence-electron chi connectivity index (χ0n) is 11.8. The monoisotopic (exact) mass is 263 g/mol. The van der Waals surface area contributed by atoms with Gasteiger partial charge in [-0.15, -0.1) is 0 Å². The molecular weight excluding hydrogens is 238 g/mol. The van der Waals surface area contributed by atoms with E-state index in [4.69, 9.17) is 15.2 Å². The zero-order chi connectivity index (χ0) is 13.5. The first-order valence-electron chi connectivity index (χ1n) is 7.43. The van der Waals surface area contributed by atoms with E-state index in [0.29, 0.717) is 19.1 Å². The summed E-state index contributed by atoms with van der Waals surface area (Å²) in [5.41, 5.74) is 5.90. The molecule has 0 aliphatic heterocycles. The Labute approximate surface area is 116 Å². The van der Waals surface area contributed by atoms with Crippen LogP contribution in [0, 0.1) is 5.92 Å². The van der Waals surface area contributed by atoms with E-state index in [1.807, 2.05) is 31.2 Å². The van der Waals surface area contributed by atoms with Gasteiger partial charge in [0.2, 0.25) is 0 Å². The summed E-state index contributed by atoms with van der Waals surface area (Å²) >= 11 is 0. The van der Waals surface area contributed by atoms with Crippen molar-refractivity contribution in [3.05, 3.63) is 24.3 Å². The average molecular weight is 263 g/mol. The van der Waals surface area contributed by atoms with E-state index < -0.39 is 0 Å². The number of hydrogen-bond acceptors (Lipinski definition) is 3. The SMILES string of the molecule is CCOc1ccccc1OC1CCCCCC1CN. The molecule has 1 aromatic carbocycles. The molecule has 106 valence electrons. The Balaban J connectivity index is 2.09. The van der Waals surface area contributed by atoms with Gasteiger partial charge in [-0.3, -0.25) is 0 Å². The molecule has 2 unspecified atom stereocenters. The summed E-state index contributed by atoms with van der Waals surface area (Å²) in [5.74, 6) is 2.16. The van der Waals surface area contributed by atoms with Gasteiger partial charge in [0.15, 0.2) is 11.5 Å². The van der Waals surface area contributed by atoms with Crippen molar-refractivity contribution in [1.82, 2.24) is 0 Å². The van der Waals surface area contributed by atoms with Crippen LogP contribution in [0.15, 0.2) is 24.3 Å². The minimum Gasteiger partial charge on any atom is -0.490 e. The number of nitrogens with two attached hydrogens (primary N) is 1.